The Morgan fingerprint density at radius 2 is 1.92 bits per heavy atom. The van der Waals surface area contributed by atoms with Crippen molar-refractivity contribution in [3.63, 3.8) is 0 Å². The van der Waals surface area contributed by atoms with E-state index in [1.807, 2.05) is 44.2 Å². The van der Waals surface area contributed by atoms with Gasteiger partial charge in [0.05, 0.1) is 11.0 Å². The molecule has 0 saturated heterocycles. The molecule has 0 aliphatic heterocycles. The lowest BCUT2D eigenvalue weighted by molar-refractivity contribution is -0.126. The second kappa shape index (κ2) is 6.45. The van der Waals surface area contributed by atoms with Gasteiger partial charge in [0.2, 0.25) is 5.91 Å². The zero-order valence-electron chi connectivity index (χ0n) is 14.0. The van der Waals surface area contributed by atoms with E-state index < -0.39 is 5.41 Å². The van der Waals surface area contributed by atoms with Crippen LogP contribution in [-0.4, -0.2) is 16.9 Å². The molecule has 0 spiro atoms. The molecule has 3 rings (SSSR count). The Labute approximate surface area is 142 Å². The lowest BCUT2D eigenvalue weighted by Gasteiger charge is -2.32. The van der Waals surface area contributed by atoms with Gasteiger partial charge in [-0.15, -0.1) is 0 Å². The van der Waals surface area contributed by atoms with E-state index in [9.17, 15) is 4.79 Å². The van der Waals surface area contributed by atoms with Gasteiger partial charge in [0.25, 0.3) is 0 Å². The van der Waals surface area contributed by atoms with E-state index in [4.69, 9.17) is 5.26 Å². The fourth-order valence-corrected chi connectivity index (χ4v) is 2.79. The number of hydrogen-bond donors (Lipinski definition) is 1. The summed E-state index contributed by atoms with van der Waals surface area (Å²) in [7, 11) is 0. The van der Waals surface area contributed by atoms with Crippen molar-refractivity contribution in [2.75, 3.05) is 0 Å². The summed E-state index contributed by atoms with van der Waals surface area (Å²) in [5.41, 5.74) is 2.83. The van der Waals surface area contributed by atoms with Crippen molar-refractivity contribution in [2.45, 2.75) is 44.6 Å². The van der Waals surface area contributed by atoms with Crippen LogP contribution in [0.2, 0.25) is 0 Å². The van der Waals surface area contributed by atoms with Gasteiger partial charge in [-0.25, -0.2) is 0 Å². The minimum atomic E-state index is -0.569. The fourth-order valence-electron chi connectivity index (χ4n) is 2.79. The van der Waals surface area contributed by atoms with Gasteiger partial charge in [0.15, 0.2) is 0 Å². The van der Waals surface area contributed by atoms with Crippen LogP contribution in [0.3, 0.4) is 0 Å². The number of benzene rings is 1. The summed E-state index contributed by atoms with van der Waals surface area (Å²) >= 11 is 0. The van der Waals surface area contributed by atoms with Gasteiger partial charge in [-0.2, -0.15) is 5.26 Å². The number of nitrogens with one attached hydrogen (secondary N) is 1. The molecule has 2 aromatic rings. The number of nitrogens with zero attached hydrogens (tertiary/aromatic N) is 2. The average Bonchev–Trinajstić information content (AvgIpc) is 2.58. The maximum absolute atomic E-state index is 12.5. The highest BCUT2D eigenvalue weighted by molar-refractivity contribution is 5.87. The van der Waals surface area contributed by atoms with Gasteiger partial charge in [-0.1, -0.05) is 24.3 Å². The number of pyridine rings is 1. The second-order valence-electron chi connectivity index (χ2n) is 6.88. The Kier molecular flexibility index (Phi) is 4.35. The molecule has 1 fully saturated rings. The Bertz CT molecular complexity index is 783. The van der Waals surface area contributed by atoms with Crippen LogP contribution in [0.15, 0.2) is 42.7 Å². The molecule has 1 amide bonds. The molecule has 4 heteroatoms. The van der Waals surface area contributed by atoms with E-state index in [1.165, 1.54) is 6.42 Å². The third-order valence-electron chi connectivity index (χ3n) is 4.82. The van der Waals surface area contributed by atoms with Crippen molar-refractivity contribution >= 4 is 5.91 Å². The summed E-state index contributed by atoms with van der Waals surface area (Å²) in [5.74, 6) is 0.0769. The third-order valence-corrected chi connectivity index (χ3v) is 4.82. The van der Waals surface area contributed by atoms with Gasteiger partial charge in [-0.3, -0.25) is 9.78 Å². The quantitative estimate of drug-likeness (QED) is 0.937. The Morgan fingerprint density at radius 3 is 2.50 bits per heavy atom. The molecule has 0 unspecified atom stereocenters. The summed E-state index contributed by atoms with van der Waals surface area (Å²) in [4.78, 5) is 16.6. The first-order valence-electron chi connectivity index (χ1n) is 8.28. The van der Waals surface area contributed by atoms with E-state index in [-0.39, 0.29) is 5.91 Å². The topological polar surface area (TPSA) is 65.8 Å². The van der Waals surface area contributed by atoms with Crippen LogP contribution in [0.4, 0.5) is 0 Å². The monoisotopic (exact) mass is 319 g/mol. The second-order valence-corrected chi connectivity index (χ2v) is 6.88. The van der Waals surface area contributed by atoms with Crippen LogP contribution < -0.4 is 5.32 Å². The van der Waals surface area contributed by atoms with E-state index >= 15 is 0 Å². The van der Waals surface area contributed by atoms with Crippen molar-refractivity contribution in [1.29, 1.82) is 5.26 Å². The molecular weight excluding hydrogens is 298 g/mol. The first kappa shape index (κ1) is 16.2. The summed E-state index contributed by atoms with van der Waals surface area (Å²) in [5, 5.41) is 12.1. The average molecular weight is 319 g/mol. The highest BCUT2D eigenvalue weighted by atomic mass is 16.2. The molecule has 24 heavy (non-hydrogen) atoms. The molecule has 4 nitrogen and oxygen atoms in total. The zero-order valence-corrected chi connectivity index (χ0v) is 14.0. The first-order chi connectivity index (χ1) is 11.5. The van der Waals surface area contributed by atoms with Crippen LogP contribution >= 0.6 is 0 Å². The Hall–Kier alpha value is -2.67. The number of carbonyl (C=O) groups excluding carboxylic acids is 1. The molecule has 0 radical (unpaired) electrons. The summed E-state index contributed by atoms with van der Waals surface area (Å²) < 4.78 is 0. The molecular formula is C20H21N3O. The number of nitriles is 1. The molecule has 0 bridgehead atoms. The highest BCUT2D eigenvalue weighted by Crippen LogP contribution is 2.28. The minimum Gasteiger partial charge on any atom is -0.353 e. The maximum atomic E-state index is 12.5. The van der Waals surface area contributed by atoms with Crippen LogP contribution in [0.25, 0.3) is 11.1 Å². The van der Waals surface area contributed by atoms with Crippen molar-refractivity contribution < 1.29 is 4.79 Å². The van der Waals surface area contributed by atoms with Crippen LogP contribution in [0.5, 0.6) is 0 Å². The Morgan fingerprint density at radius 1 is 1.21 bits per heavy atom. The lowest BCUT2D eigenvalue weighted by atomic mass is 9.82. The number of hydrogen-bond acceptors (Lipinski definition) is 3. The highest BCUT2D eigenvalue weighted by Gasteiger charge is 2.32. The van der Waals surface area contributed by atoms with Crippen LogP contribution in [-0.2, 0) is 10.2 Å². The number of rotatable bonds is 4. The van der Waals surface area contributed by atoms with E-state index in [0.717, 1.165) is 29.5 Å². The van der Waals surface area contributed by atoms with E-state index in [1.54, 1.807) is 12.4 Å². The largest absolute Gasteiger partial charge is 0.353 e. The van der Waals surface area contributed by atoms with Crippen LogP contribution in [0.1, 0.15) is 44.2 Å². The Balaban J connectivity index is 1.80. The molecule has 1 aliphatic carbocycles. The molecule has 1 N–H and O–H groups in total. The number of carbonyl (C=O) groups is 1. The van der Waals surface area contributed by atoms with E-state index in [0.29, 0.717) is 11.6 Å². The molecule has 0 atom stereocenters. The smallest absolute Gasteiger partial charge is 0.230 e. The molecule has 1 heterocycles. The van der Waals surface area contributed by atoms with Gasteiger partial charge in [0, 0.05) is 24.0 Å². The van der Waals surface area contributed by atoms with Crippen molar-refractivity contribution in [3.05, 3.63) is 53.9 Å². The van der Waals surface area contributed by atoms with Gasteiger partial charge >= 0.3 is 0 Å². The standard InChI is InChI=1S/C20H21N3O/c1-20(2,19(24)23-18-4-3-5-18)17-8-6-15(7-9-17)16-10-14(11-21)12-22-13-16/h6-10,12-13,18H,3-5H2,1-2H3,(H,23,24). The number of amides is 1. The van der Waals surface area contributed by atoms with E-state index in [2.05, 4.69) is 16.4 Å². The molecule has 1 aromatic heterocycles. The molecule has 122 valence electrons. The first-order valence-corrected chi connectivity index (χ1v) is 8.28. The van der Waals surface area contributed by atoms with Gasteiger partial charge < -0.3 is 5.32 Å². The van der Waals surface area contributed by atoms with Crippen molar-refractivity contribution in [2.24, 2.45) is 0 Å². The lowest BCUT2D eigenvalue weighted by Crippen LogP contribution is -2.47. The summed E-state index contributed by atoms with van der Waals surface area (Å²) in [6.07, 6.45) is 6.66. The van der Waals surface area contributed by atoms with Crippen molar-refractivity contribution in [1.82, 2.24) is 10.3 Å². The van der Waals surface area contributed by atoms with Gasteiger partial charge in [-0.05, 0) is 50.3 Å². The summed E-state index contributed by atoms with van der Waals surface area (Å²) in [6.45, 7) is 3.90. The molecule has 1 aromatic carbocycles. The predicted octanol–water partition coefficient (Wildman–Crippen LogP) is 3.57. The van der Waals surface area contributed by atoms with Crippen LogP contribution in [0, 0.1) is 11.3 Å². The third kappa shape index (κ3) is 3.16. The number of aromatic nitrogens is 1. The molecule has 1 aliphatic rings. The maximum Gasteiger partial charge on any atom is 0.230 e. The normalized spacial score (nSPS) is 14.5. The van der Waals surface area contributed by atoms with Crippen molar-refractivity contribution in [3.8, 4) is 17.2 Å². The predicted molar refractivity (Wildman–Crippen MR) is 93.2 cm³/mol. The SMILES string of the molecule is CC(C)(C(=O)NC1CCC1)c1ccc(-c2cncc(C#N)c2)cc1. The van der Waals surface area contributed by atoms with Gasteiger partial charge in [0.1, 0.15) is 6.07 Å². The fraction of sp³-hybridized carbons (Fsp3) is 0.350. The zero-order chi connectivity index (χ0) is 17.2. The molecule has 1 saturated carbocycles. The minimum absolute atomic E-state index is 0.0769. The summed E-state index contributed by atoms with van der Waals surface area (Å²) in [6, 6.07) is 12.2.